The van der Waals surface area contributed by atoms with Crippen LogP contribution in [-0.2, 0) is 6.54 Å². The van der Waals surface area contributed by atoms with Gasteiger partial charge in [-0.1, -0.05) is 30.3 Å². The number of methoxy groups -OCH3 is 1. The van der Waals surface area contributed by atoms with Crippen LogP contribution in [0.25, 0.3) is 22.8 Å². The van der Waals surface area contributed by atoms with Gasteiger partial charge in [-0.05, 0) is 29.5 Å². The van der Waals surface area contributed by atoms with Crippen LogP contribution in [0, 0.1) is 0 Å². The number of nitrogens with zero attached hydrogens (tertiary/aromatic N) is 6. The minimum Gasteiger partial charge on any atom is -0.497 e. The van der Waals surface area contributed by atoms with E-state index in [0.29, 0.717) is 17.6 Å². The Balaban J connectivity index is 1.53. The lowest BCUT2D eigenvalue weighted by atomic mass is 10.2. The first-order valence-corrected chi connectivity index (χ1v) is 7.62. The largest absolute Gasteiger partial charge is 0.497 e. The third-order valence-electron chi connectivity index (χ3n) is 3.55. The monoisotopic (exact) mass is 334 g/mol. The Hall–Kier alpha value is -3.55. The van der Waals surface area contributed by atoms with Crippen molar-refractivity contribution in [3.8, 4) is 28.6 Å². The van der Waals surface area contributed by atoms with Gasteiger partial charge in [-0.3, -0.25) is 0 Å². The summed E-state index contributed by atoms with van der Waals surface area (Å²) in [6, 6.07) is 17.1. The number of rotatable bonds is 5. The van der Waals surface area contributed by atoms with Gasteiger partial charge in [0.05, 0.1) is 7.11 Å². The van der Waals surface area contributed by atoms with E-state index < -0.39 is 0 Å². The maximum absolute atomic E-state index is 5.65. The van der Waals surface area contributed by atoms with Gasteiger partial charge in [0.15, 0.2) is 0 Å². The zero-order valence-corrected chi connectivity index (χ0v) is 13.4. The lowest BCUT2D eigenvalue weighted by Crippen LogP contribution is -2.04. The summed E-state index contributed by atoms with van der Waals surface area (Å²) in [6.45, 7) is 0.247. The molecule has 2 heterocycles. The van der Waals surface area contributed by atoms with Crippen LogP contribution in [0.5, 0.6) is 5.75 Å². The summed E-state index contributed by atoms with van der Waals surface area (Å²) in [6.07, 6.45) is 0. The maximum Gasteiger partial charge on any atom is 0.247 e. The van der Waals surface area contributed by atoms with Crippen LogP contribution < -0.4 is 4.74 Å². The summed E-state index contributed by atoms with van der Waals surface area (Å²) in [4.78, 5) is 1.41. The highest BCUT2D eigenvalue weighted by Crippen LogP contribution is 2.20. The van der Waals surface area contributed by atoms with Crippen molar-refractivity contribution in [3.63, 3.8) is 0 Å². The topological polar surface area (TPSA) is 91.8 Å². The van der Waals surface area contributed by atoms with Gasteiger partial charge in [0.1, 0.15) is 12.3 Å². The third-order valence-corrected chi connectivity index (χ3v) is 3.55. The molecule has 0 bridgehead atoms. The molecule has 0 spiro atoms. The first kappa shape index (κ1) is 15.0. The lowest BCUT2D eigenvalue weighted by Gasteiger charge is -2.00. The first-order valence-electron chi connectivity index (χ1n) is 7.62. The van der Waals surface area contributed by atoms with Gasteiger partial charge in [-0.2, -0.15) is 4.80 Å². The molecular weight excluding hydrogens is 320 g/mol. The van der Waals surface area contributed by atoms with Gasteiger partial charge in [0, 0.05) is 11.1 Å². The smallest absolute Gasteiger partial charge is 0.247 e. The Labute approximate surface area is 143 Å². The predicted octanol–water partition coefficient (Wildman–Crippen LogP) is 2.45. The SMILES string of the molecule is COc1cccc(-c2nnn(Cc3nnc(-c4ccccc4)o3)n2)c1. The highest BCUT2D eigenvalue weighted by atomic mass is 16.5. The molecule has 4 aromatic rings. The Kier molecular flexibility index (Phi) is 3.91. The van der Waals surface area contributed by atoms with Gasteiger partial charge >= 0.3 is 0 Å². The molecule has 0 unspecified atom stereocenters. The van der Waals surface area contributed by atoms with Crippen molar-refractivity contribution in [3.05, 3.63) is 60.5 Å². The molecule has 0 atom stereocenters. The quantitative estimate of drug-likeness (QED) is 0.553. The van der Waals surface area contributed by atoms with E-state index in [2.05, 4.69) is 25.6 Å². The molecule has 8 heteroatoms. The van der Waals surface area contributed by atoms with Gasteiger partial charge in [0.25, 0.3) is 0 Å². The molecule has 2 aromatic carbocycles. The van der Waals surface area contributed by atoms with E-state index in [1.54, 1.807) is 7.11 Å². The second kappa shape index (κ2) is 6.52. The molecule has 0 aliphatic heterocycles. The number of tetrazole rings is 1. The van der Waals surface area contributed by atoms with Crippen molar-refractivity contribution in [2.24, 2.45) is 0 Å². The molecule has 0 aliphatic rings. The number of hydrogen-bond donors (Lipinski definition) is 0. The minimum absolute atomic E-state index is 0.247. The van der Waals surface area contributed by atoms with Gasteiger partial charge in [-0.25, -0.2) is 0 Å². The fourth-order valence-electron chi connectivity index (χ4n) is 2.32. The van der Waals surface area contributed by atoms with E-state index in [4.69, 9.17) is 9.15 Å². The van der Waals surface area contributed by atoms with Gasteiger partial charge < -0.3 is 9.15 Å². The van der Waals surface area contributed by atoms with Crippen molar-refractivity contribution >= 4 is 0 Å². The normalized spacial score (nSPS) is 10.8. The Morgan fingerprint density at radius 2 is 1.80 bits per heavy atom. The van der Waals surface area contributed by atoms with Crippen LogP contribution in [-0.4, -0.2) is 37.5 Å². The van der Waals surface area contributed by atoms with E-state index in [0.717, 1.165) is 16.9 Å². The lowest BCUT2D eigenvalue weighted by molar-refractivity contribution is 0.415. The average molecular weight is 334 g/mol. The fourth-order valence-corrected chi connectivity index (χ4v) is 2.32. The minimum atomic E-state index is 0.247. The zero-order valence-electron chi connectivity index (χ0n) is 13.4. The van der Waals surface area contributed by atoms with Crippen LogP contribution in [0.1, 0.15) is 5.89 Å². The molecular formula is C17H14N6O2. The van der Waals surface area contributed by atoms with Crippen molar-refractivity contribution in [2.45, 2.75) is 6.54 Å². The standard InChI is InChI=1S/C17H14N6O2/c1-24-14-9-5-8-13(10-14)16-19-22-23(21-16)11-15-18-20-17(25-15)12-6-3-2-4-7-12/h2-10H,11H2,1H3. The average Bonchev–Trinajstić information content (AvgIpc) is 3.33. The highest BCUT2D eigenvalue weighted by Gasteiger charge is 2.12. The second-order valence-electron chi connectivity index (χ2n) is 5.24. The number of ether oxygens (including phenoxy) is 1. The van der Waals surface area contributed by atoms with Crippen LogP contribution in [0.15, 0.2) is 59.0 Å². The highest BCUT2D eigenvalue weighted by molar-refractivity contribution is 5.56. The van der Waals surface area contributed by atoms with E-state index in [1.165, 1.54) is 4.80 Å². The second-order valence-corrected chi connectivity index (χ2v) is 5.24. The molecule has 0 amide bonds. The maximum atomic E-state index is 5.65. The Morgan fingerprint density at radius 1 is 0.960 bits per heavy atom. The van der Waals surface area contributed by atoms with Crippen molar-refractivity contribution < 1.29 is 9.15 Å². The summed E-state index contributed by atoms with van der Waals surface area (Å²) < 4.78 is 10.9. The van der Waals surface area contributed by atoms with Gasteiger partial charge in [-0.15, -0.1) is 20.4 Å². The Bertz CT molecular complexity index is 979. The molecule has 0 N–H and O–H groups in total. The molecule has 0 aliphatic carbocycles. The summed E-state index contributed by atoms with van der Waals surface area (Å²) >= 11 is 0. The molecule has 0 saturated carbocycles. The van der Waals surface area contributed by atoms with Crippen LogP contribution >= 0.6 is 0 Å². The molecule has 0 radical (unpaired) electrons. The van der Waals surface area contributed by atoms with Crippen molar-refractivity contribution in [1.29, 1.82) is 0 Å². The summed E-state index contributed by atoms with van der Waals surface area (Å²) in [5.41, 5.74) is 1.69. The van der Waals surface area contributed by atoms with E-state index in [9.17, 15) is 0 Å². The Morgan fingerprint density at radius 3 is 2.64 bits per heavy atom. The molecule has 4 rings (SSSR count). The van der Waals surface area contributed by atoms with Gasteiger partial charge in [0.2, 0.25) is 17.6 Å². The van der Waals surface area contributed by atoms with Crippen molar-refractivity contribution in [1.82, 2.24) is 30.4 Å². The predicted molar refractivity (Wildman–Crippen MR) is 88.6 cm³/mol. The van der Waals surface area contributed by atoms with Crippen LogP contribution in [0.3, 0.4) is 0 Å². The number of hydrogen-bond acceptors (Lipinski definition) is 7. The van der Waals surface area contributed by atoms with Crippen LogP contribution in [0.4, 0.5) is 0 Å². The first-order chi connectivity index (χ1) is 12.3. The third kappa shape index (κ3) is 3.23. The van der Waals surface area contributed by atoms with E-state index in [1.807, 2.05) is 54.6 Å². The van der Waals surface area contributed by atoms with E-state index >= 15 is 0 Å². The molecule has 124 valence electrons. The molecule has 0 saturated heterocycles. The summed E-state index contributed by atoms with van der Waals surface area (Å²) in [7, 11) is 1.61. The molecule has 2 aromatic heterocycles. The summed E-state index contributed by atoms with van der Waals surface area (Å²) in [5.74, 6) is 2.11. The number of benzene rings is 2. The zero-order chi connectivity index (χ0) is 17.1. The van der Waals surface area contributed by atoms with Crippen molar-refractivity contribution in [2.75, 3.05) is 7.11 Å². The molecule has 8 nitrogen and oxygen atoms in total. The molecule has 0 fully saturated rings. The van der Waals surface area contributed by atoms with Crippen LogP contribution in [0.2, 0.25) is 0 Å². The summed E-state index contributed by atoms with van der Waals surface area (Å²) in [5, 5.41) is 20.5. The fraction of sp³-hybridized carbons (Fsp3) is 0.118. The van der Waals surface area contributed by atoms with E-state index in [-0.39, 0.29) is 6.54 Å². The molecule has 25 heavy (non-hydrogen) atoms. The number of aromatic nitrogens is 6.